The largest absolute Gasteiger partial charge is 0.481 e. The Morgan fingerprint density at radius 1 is 1.37 bits per heavy atom. The highest BCUT2D eigenvalue weighted by Gasteiger charge is 2.16. The average molecular weight is 261 g/mol. The van der Waals surface area contributed by atoms with Gasteiger partial charge in [0.1, 0.15) is 0 Å². The van der Waals surface area contributed by atoms with E-state index in [1.807, 2.05) is 6.92 Å². The normalized spacial score (nSPS) is 12.4. The van der Waals surface area contributed by atoms with E-state index in [9.17, 15) is 4.79 Å². The zero-order chi connectivity index (χ0) is 14.4. The Labute approximate surface area is 115 Å². The summed E-state index contributed by atoms with van der Waals surface area (Å²) in [6, 6.07) is 8.34. The summed E-state index contributed by atoms with van der Waals surface area (Å²) in [4.78, 5) is 13.1. The van der Waals surface area contributed by atoms with E-state index >= 15 is 0 Å². The Hall–Kier alpha value is -1.61. The van der Waals surface area contributed by atoms with Crippen molar-refractivity contribution in [3.63, 3.8) is 0 Å². The molecule has 0 aliphatic heterocycles. The van der Waals surface area contributed by atoms with E-state index in [1.54, 1.807) is 6.92 Å². The Morgan fingerprint density at radius 3 is 2.42 bits per heavy atom. The van der Waals surface area contributed by atoms with Gasteiger partial charge in [-0.2, -0.15) is 0 Å². The molecule has 0 saturated carbocycles. The molecule has 3 heteroatoms. The third kappa shape index (κ3) is 5.71. The molecule has 0 saturated heterocycles. The quantitative estimate of drug-likeness (QED) is 0.767. The molecule has 1 unspecified atom stereocenters. The van der Waals surface area contributed by atoms with Crippen LogP contribution in [0, 0.1) is 12.8 Å². The molecule has 104 valence electrons. The molecule has 0 amide bonds. The molecule has 1 atom stereocenters. The van der Waals surface area contributed by atoms with Gasteiger partial charge in [-0.05, 0) is 19.4 Å². The van der Waals surface area contributed by atoms with Gasteiger partial charge in [-0.15, -0.1) is 0 Å². The molecule has 1 N–H and O–H groups in total. The maximum absolute atomic E-state index is 11.0. The smallest absolute Gasteiger partial charge is 0.307 e. The van der Waals surface area contributed by atoms with Gasteiger partial charge >= 0.3 is 5.97 Å². The minimum atomic E-state index is -0.754. The molecule has 0 aromatic heterocycles. The number of aryl methyl sites for hydroxylation is 1. The number of benzene rings is 1. The van der Waals surface area contributed by atoms with Gasteiger partial charge in [0.05, 0.1) is 5.92 Å². The SMILES string of the molecule is C=C(C)CN(Cc1ccc(C)cc1)CC(C)C(=O)O. The second-order valence-corrected chi connectivity index (χ2v) is 5.35. The number of carbonyl (C=O) groups is 1. The molecule has 0 heterocycles. The fourth-order valence-electron chi connectivity index (χ4n) is 1.98. The van der Waals surface area contributed by atoms with Crippen molar-refractivity contribution in [1.82, 2.24) is 4.90 Å². The first-order valence-electron chi connectivity index (χ1n) is 6.53. The summed E-state index contributed by atoms with van der Waals surface area (Å²) < 4.78 is 0. The van der Waals surface area contributed by atoms with Gasteiger partial charge in [0, 0.05) is 19.6 Å². The Kier molecular flexibility index (Phi) is 5.77. The van der Waals surface area contributed by atoms with Crippen LogP contribution in [0.3, 0.4) is 0 Å². The number of carboxylic acid groups (broad SMARTS) is 1. The van der Waals surface area contributed by atoms with E-state index in [0.29, 0.717) is 6.54 Å². The van der Waals surface area contributed by atoms with Crippen LogP contribution < -0.4 is 0 Å². The van der Waals surface area contributed by atoms with Crippen LogP contribution in [0.1, 0.15) is 25.0 Å². The second-order valence-electron chi connectivity index (χ2n) is 5.35. The second kappa shape index (κ2) is 7.10. The van der Waals surface area contributed by atoms with Crippen molar-refractivity contribution in [3.05, 3.63) is 47.5 Å². The fraction of sp³-hybridized carbons (Fsp3) is 0.438. The highest BCUT2D eigenvalue weighted by Crippen LogP contribution is 2.11. The van der Waals surface area contributed by atoms with E-state index in [0.717, 1.165) is 18.7 Å². The topological polar surface area (TPSA) is 40.5 Å². The van der Waals surface area contributed by atoms with Crippen molar-refractivity contribution in [2.24, 2.45) is 5.92 Å². The molecule has 3 nitrogen and oxygen atoms in total. The summed E-state index contributed by atoms with van der Waals surface area (Å²) in [7, 11) is 0. The van der Waals surface area contributed by atoms with Gasteiger partial charge in [0.25, 0.3) is 0 Å². The molecule has 1 aromatic rings. The molecule has 0 radical (unpaired) electrons. The van der Waals surface area contributed by atoms with Crippen molar-refractivity contribution >= 4 is 5.97 Å². The molecular formula is C16H23NO2. The predicted molar refractivity (Wildman–Crippen MR) is 78.1 cm³/mol. The van der Waals surface area contributed by atoms with Crippen molar-refractivity contribution < 1.29 is 9.90 Å². The van der Waals surface area contributed by atoms with Crippen LogP contribution in [0.25, 0.3) is 0 Å². The Balaban J connectivity index is 2.71. The van der Waals surface area contributed by atoms with Crippen LogP contribution in [0.15, 0.2) is 36.4 Å². The number of aliphatic carboxylic acids is 1. The zero-order valence-electron chi connectivity index (χ0n) is 12.0. The molecule has 0 aliphatic rings. The number of hydrogen-bond donors (Lipinski definition) is 1. The summed E-state index contributed by atoms with van der Waals surface area (Å²) >= 11 is 0. The molecule has 1 aromatic carbocycles. The highest BCUT2D eigenvalue weighted by molar-refractivity contribution is 5.69. The van der Waals surface area contributed by atoms with E-state index < -0.39 is 5.97 Å². The Morgan fingerprint density at radius 2 is 1.95 bits per heavy atom. The van der Waals surface area contributed by atoms with Crippen LogP contribution in [-0.4, -0.2) is 29.1 Å². The van der Waals surface area contributed by atoms with Crippen molar-refractivity contribution in [3.8, 4) is 0 Å². The first-order chi connectivity index (χ1) is 8.88. The number of nitrogens with zero attached hydrogens (tertiary/aromatic N) is 1. The van der Waals surface area contributed by atoms with Crippen LogP contribution in [0.5, 0.6) is 0 Å². The lowest BCUT2D eigenvalue weighted by Gasteiger charge is -2.24. The fourth-order valence-corrected chi connectivity index (χ4v) is 1.98. The summed E-state index contributed by atoms with van der Waals surface area (Å²) in [5.74, 6) is -1.12. The number of rotatable bonds is 7. The first-order valence-corrected chi connectivity index (χ1v) is 6.53. The summed E-state index contributed by atoms with van der Waals surface area (Å²) in [6.45, 7) is 11.7. The van der Waals surface area contributed by atoms with Gasteiger partial charge in [0.15, 0.2) is 0 Å². The van der Waals surface area contributed by atoms with Crippen LogP contribution in [-0.2, 0) is 11.3 Å². The lowest BCUT2D eigenvalue weighted by atomic mass is 10.1. The van der Waals surface area contributed by atoms with Gasteiger partial charge in [-0.1, -0.05) is 48.9 Å². The molecular weight excluding hydrogens is 238 g/mol. The average Bonchev–Trinajstić information content (AvgIpc) is 2.31. The molecule has 1 rings (SSSR count). The molecule has 19 heavy (non-hydrogen) atoms. The first kappa shape index (κ1) is 15.4. The highest BCUT2D eigenvalue weighted by atomic mass is 16.4. The van der Waals surface area contributed by atoms with Crippen molar-refractivity contribution in [2.45, 2.75) is 27.3 Å². The van der Waals surface area contributed by atoms with Crippen molar-refractivity contribution in [1.29, 1.82) is 0 Å². The summed E-state index contributed by atoms with van der Waals surface area (Å²) in [6.07, 6.45) is 0. The molecule has 0 spiro atoms. The van der Waals surface area contributed by atoms with Gasteiger partial charge in [-0.3, -0.25) is 9.69 Å². The molecule has 0 aliphatic carbocycles. The van der Waals surface area contributed by atoms with Crippen molar-refractivity contribution in [2.75, 3.05) is 13.1 Å². The van der Waals surface area contributed by atoms with E-state index in [1.165, 1.54) is 11.1 Å². The minimum absolute atomic E-state index is 0.371. The lowest BCUT2D eigenvalue weighted by Crippen LogP contribution is -2.32. The maximum atomic E-state index is 11.0. The third-order valence-electron chi connectivity index (χ3n) is 2.97. The van der Waals surface area contributed by atoms with Gasteiger partial charge < -0.3 is 5.11 Å². The maximum Gasteiger partial charge on any atom is 0.307 e. The van der Waals surface area contributed by atoms with Gasteiger partial charge in [0.2, 0.25) is 0 Å². The monoisotopic (exact) mass is 261 g/mol. The van der Waals surface area contributed by atoms with Crippen LogP contribution >= 0.6 is 0 Å². The molecule has 0 bridgehead atoms. The minimum Gasteiger partial charge on any atom is -0.481 e. The van der Waals surface area contributed by atoms with Gasteiger partial charge in [-0.25, -0.2) is 0 Å². The van der Waals surface area contributed by atoms with Crippen LogP contribution in [0.2, 0.25) is 0 Å². The zero-order valence-corrected chi connectivity index (χ0v) is 12.0. The third-order valence-corrected chi connectivity index (χ3v) is 2.97. The summed E-state index contributed by atoms with van der Waals surface area (Å²) in [5.41, 5.74) is 3.48. The lowest BCUT2D eigenvalue weighted by molar-refractivity contribution is -0.141. The standard InChI is InChI=1S/C16H23NO2/c1-12(2)9-17(10-14(4)16(18)19)11-15-7-5-13(3)6-8-15/h5-8,14H,1,9-11H2,2-4H3,(H,18,19). The van der Waals surface area contributed by atoms with E-state index in [-0.39, 0.29) is 5.92 Å². The Bertz CT molecular complexity index is 437. The number of hydrogen-bond acceptors (Lipinski definition) is 2. The van der Waals surface area contributed by atoms with E-state index in [2.05, 4.69) is 42.7 Å². The molecule has 0 fully saturated rings. The number of carboxylic acids is 1. The van der Waals surface area contributed by atoms with E-state index in [4.69, 9.17) is 5.11 Å². The van der Waals surface area contributed by atoms with Crippen LogP contribution in [0.4, 0.5) is 0 Å². The predicted octanol–water partition coefficient (Wildman–Crippen LogP) is 3.09. The summed E-state index contributed by atoms with van der Waals surface area (Å²) in [5, 5.41) is 9.02.